The number of ether oxygens (including phenoxy) is 1. The van der Waals surface area contributed by atoms with Gasteiger partial charge in [0.25, 0.3) is 5.91 Å². The lowest BCUT2D eigenvalue weighted by molar-refractivity contribution is 0.0860. The van der Waals surface area contributed by atoms with E-state index in [0.717, 1.165) is 44.5 Å². The Morgan fingerprint density at radius 1 is 0.894 bits per heavy atom. The SMILES string of the molecule is CCCCCCCCCCCCCCCCN1CCCC1CN(C(=O)O)[C@H]1CCOc2c(C(=O)Nc3ccc(F)c(F)c3)cccc21. The Labute approximate surface area is 280 Å². The first-order chi connectivity index (χ1) is 22.9. The van der Waals surface area contributed by atoms with Crippen LogP contribution in [0, 0.1) is 11.6 Å². The lowest BCUT2D eigenvalue weighted by Crippen LogP contribution is -2.45. The molecule has 2 atom stereocenters. The molecule has 2 aromatic rings. The van der Waals surface area contributed by atoms with Gasteiger partial charge < -0.3 is 15.2 Å². The Bertz CT molecular complexity index is 1280. The average molecular weight is 656 g/mol. The molecule has 2 aromatic carbocycles. The fourth-order valence-electron chi connectivity index (χ4n) is 7.15. The summed E-state index contributed by atoms with van der Waals surface area (Å²) in [6, 6.07) is 7.99. The van der Waals surface area contributed by atoms with Gasteiger partial charge >= 0.3 is 6.09 Å². The smallest absolute Gasteiger partial charge is 0.407 e. The first kappa shape index (κ1) is 36.6. The van der Waals surface area contributed by atoms with Gasteiger partial charge in [-0.25, -0.2) is 13.6 Å². The number of likely N-dealkylation sites (tertiary alicyclic amines) is 1. The van der Waals surface area contributed by atoms with Crippen molar-refractivity contribution >= 4 is 17.7 Å². The van der Waals surface area contributed by atoms with Crippen LogP contribution in [0.3, 0.4) is 0 Å². The number of anilines is 1. The van der Waals surface area contributed by atoms with E-state index >= 15 is 0 Å². The number of nitrogens with one attached hydrogen (secondary N) is 1. The van der Waals surface area contributed by atoms with E-state index in [9.17, 15) is 23.5 Å². The Balaban J connectivity index is 1.24. The summed E-state index contributed by atoms with van der Waals surface area (Å²) in [7, 11) is 0. The maximum atomic E-state index is 13.7. The summed E-state index contributed by atoms with van der Waals surface area (Å²) in [5.41, 5.74) is 0.988. The largest absolute Gasteiger partial charge is 0.492 e. The van der Waals surface area contributed by atoms with Gasteiger partial charge in [0.05, 0.1) is 18.2 Å². The van der Waals surface area contributed by atoms with Crippen LogP contribution in [0.25, 0.3) is 0 Å². The minimum atomic E-state index is -1.06. The molecule has 0 aliphatic carbocycles. The van der Waals surface area contributed by atoms with Crippen LogP contribution in [0.5, 0.6) is 5.75 Å². The zero-order chi connectivity index (χ0) is 33.4. The molecule has 0 spiro atoms. The van der Waals surface area contributed by atoms with E-state index in [-0.39, 0.29) is 23.9 Å². The summed E-state index contributed by atoms with van der Waals surface area (Å²) < 4.78 is 33.0. The highest BCUT2D eigenvalue weighted by Crippen LogP contribution is 2.39. The number of hydrogen-bond donors (Lipinski definition) is 2. The molecule has 1 unspecified atom stereocenters. The van der Waals surface area contributed by atoms with Crippen molar-refractivity contribution in [3.05, 3.63) is 59.2 Å². The average Bonchev–Trinajstić information content (AvgIpc) is 3.51. The second kappa shape index (κ2) is 19.6. The van der Waals surface area contributed by atoms with Crippen molar-refractivity contribution < 1.29 is 28.2 Å². The molecule has 1 fully saturated rings. The third-order valence-electron chi connectivity index (χ3n) is 9.79. The number of carbonyl (C=O) groups is 2. The minimum Gasteiger partial charge on any atom is -0.492 e. The van der Waals surface area contributed by atoms with Crippen molar-refractivity contribution in [2.75, 3.05) is 31.6 Å². The van der Waals surface area contributed by atoms with Gasteiger partial charge in [-0.3, -0.25) is 14.6 Å². The molecule has 1 saturated heterocycles. The summed E-state index contributed by atoms with van der Waals surface area (Å²) in [6.45, 7) is 4.93. The van der Waals surface area contributed by atoms with Gasteiger partial charge in [-0.1, -0.05) is 103 Å². The van der Waals surface area contributed by atoms with Gasteiger partial charge in [0.1, 0.15) is 5.75 Å². The fraction of sp³-hybridized carbons (Fsp3) is 0.632. The number of carboxylic acid groups (broad SMARTS) is 1. The molecular formula is C38H55F2N3O4. The van der Waals surface area contributed by atoms with Crippen LogP contribution >= 0.6 is 0 Å². The zero-order valence-corrected chi connectivity index (χ0v) is 28.3. The van der Waals surface area contributed by atoms with Crippen molar-refractivity contribution in [2.24, 2.45) is 0 Å². The third kappa shape index (κ3) is 11.2. The Hall–Kier alpha value is -3.20. The minimum absolute atomic E-state index is 0.117. The quantitative estimate of drug-likeness (QED) is 0.139. The van der Waals surface area contributed by atoms with Crippen molar-refractivity contribution in [3.8, 4) is 5.75 Å². The topological polar surface area (TPSA) is 82.1 Å². The van der Waals surface area contributed by atoms with Crippen LogP contribution in [0.2, 0.25) is 0 Å². The molecule has 7 nitrogen and oxygen atoms in total. The first-order valence-electron chi connectivity index (χ1n) is 18.1. The van der Waals surface area contributed by atoms with Gasteiger partial charge in [-0.15, -0.1) is 0 Å². The standard InChI is InChI=1S/C38H55F2N3O4/c1-2-3-4-5-6-7-8-9-10-11-12-13-14-15-24-42-25-17-18-30(42)28-43(38(45)46)35-23-26-47-36-31(35)19-16-20-32(36)37(44)41-29-21-22-33(39)34(40)27-29/h16,19-22,27,30,35H,2-15,17-18,23-26,28H2,1H3,(H,41,44)(H,45,46)/t30?,35-/m0/s1. The third-order valence-corrected chi connectivity index (χ3v) is 9.79. The maximum absolute atomic E-state index is 13.7. The number of unbranched alkanes of at least 4 members (excludes halogenated alkanes) is 13. The van der Waals surface area contributed by atoms with Crippen LogP contribution in [-0.4, -0.2) is 59.2 Å². The molecule has 4 rings (SSSR count). The van der Waals surface area contributed by atoms with Gasteiger partial charge in [-0.2, -0.15) is 0 Å². The number of rotatable bonds is 20. The molecule has 2 N–H and O–H groups in total. The zero-order valence-electron chi connectivity index (χ0n) is 28.3. The lowest BCUT2D eigenvalue weighted by Gasteiger charge is -2.37. The molecule has 0 aromatic heterocycles. The molecule has 2 aliphatic heterocycles. The first-order valence-corrected chi connectivity index (χ1v) is 18.1. The predicted octanol–water partition coefficient (Wildman–Crippen LogP) is 9.97. The number of carbonyl (C=O) groups excluding carboxylic acids is 1. The number of para-hydroxylation sites is 1. The van der Waals surface area contributed by atoms with Gasteiger partial charge in [-0.05, 0) is 50.6 Å². The van der Waals surface area contributed by atoms with Crippen molar-refractivity contribution in [1.29, 1.82) is 0 Å². The highest BCUT2D eigenvalue weighted by Gasteiger charge is 2.36. The van der Waals surface area contributed by atoms with E-state index in [1.54, 1.807) is 12.1 Å². The summed E-state index contributed by atoms with van der Waals surface area (Å²) in [5, 5.41) is 12.9. The molecule has 0 bridgehead atoms. The van der Waals surface area contributed by atoms with Crippen LogP contribution in [0.15, 0.2) is 36.4 Å². The second-order valence-corrected chi connectivity index (χ2v) is 13.3. The normalized spacial score (nSPS) is 17.7. The summed E-state index contributed by atoms with van der Waals surface area (Å²) in [5.74, 6) is -2.26. The van der Waals surface area contributed by atoms with Crippen LogP contribution in [-0.2, 0) is 0 Å². The van der Waals surface area contributed by atoms with Crippen molar-refractivity contribution in [2.45, 2.75) is 128 Å². The number of amides is 2. The number of fused-ring (bicyclic) bond motifs is 1. The number of halogens is 2. The van der Waals surface area contributed by atoms with E-state index in [0.29, 0.717) is 24.3 Å². The van der Waals surface area contributed by atoms with Gasteiger partial charge in [0.2, 0.25) is 0 Å². The predicted molar refractivity (Wildman–Crippen MR) is 183 cm³/mol. The van der Waals surface area contributed by atoms with Crippen LogP contribution in [0.1, 0.15) is 138 Å². The molecule has 2 aliphatic rings. The molecule has 0 saturated carbocycles. The van der Waals surface area contributed by atoms with E-state index < -0.39 is 29.7 Å². The van der Waals surface area contributed by atoms with Crippen molar-refractivity contribution in [1.82, 2.24) is 9.80 Å². The van der Waals surface area contributed by atoms with Gasteiger partial charge in [0.15, 0.2) is 11.6 Å². The monoisotopic (exact) mass is 655 g/mol. The van der Waals surface area contributed by atoms with E-state index in [1.807, 2.05) is 6.07 Å². The van der Waals surface area contributed by atoms with Crippen LogP contribution in [0.4, 0.5) is 19.3 Å². The number of benzene rings is 2. The molecule has 2 amide bonds. The molecule has 47 heavy (non-hydrogen) atoms. The molecule has 260 valence electrons. The highest BCUT2D eigenvalue weighted by atomic mass is 19.2. The van der Waals surface area contributed by atoms with Gasteiger partial charge in [0, 0.05) is 36.3 Å². The molecular weight excluding hydrogens is 600 g/mol. The number of hydrogen-bond acceptors (Lipinski definition) is 4. The maximum Gasteiger partial charge on any atom is 0.407 e. The van der Waals surface area contributed by atoms with Crippen molar-refractivity contribution in [3.63, 3.8) is 0 Å². The lowest BCUT2D eigenvalue weighted by atomic mass is 9.95. The fourth-order valence-corrected chi connectivity index (χ4v) is 7.15. The Morgan fingerprint density at radius 3 is 2.19 bits per heavy atom. The second-order valence-electron chi connectivity index (χ2n) is 13.3. The summed E-state index contributed by atoms with van der Waals surface area (Å²) in [4.78, 5) is 29.8. The highest BCUT2D eigenvalue weighted by molar-refractivity contribution is 6.06. The Morgan fingerprint density at radius 2 is 1.55 bits per heavy atom. The summed E-state index contributed by atoms with van der Waals surface area (Å²) >= 11 is 0. The molecule has 2 heterocycles. The van der Waals surface area contributed by atoms with E-state index in [2.05, 4.69) is 17.1 Å². The molecule has 0 radical (unpaired) electrons. The Kier molecular flexibility index (Phi) is 15.3. The molecule has 9 heteroatoms. The number of nitrogens with zero attached hydrogens (tertiary/aromatic N) is 2. The van der Waals surface area contributed by atoms with E-state index in [1.165, 1.54) is 94.4 Å². The summed E-state index contributed by atoms with van der Waals surface area (Å²) in [6.07, 6.45) is 20.2. The van der Waals surface area contributed by atoms with Crippen LogP contribution < -0.4 is 10.1 Å². The van der Waals surface area contributed by atoms with E-state index in [4.69, 9.17) is 4.74 Å².